The Morgan fingerprint density at radius 2 is 1.79 bits per heavy atom. The highest BCUT2D eigenvalue weighted by Crippen LogP contribution is 2.36. The maximum atomic E-state index is 12.5. The van der Waals surface area contributed by atoms with Crippen molar-refractivity contribution < 1.29 is 28.2 Å². The molecular weight excluding hydrogens is 418 g/mol. The topological polar surface area (TPSA) is 68.2 Å². The number of amides is 1. The van der Waals surface area contributed by atoms with E-state index in [9.17, 15) is 9.90 Å². The van der Waals surface area contributed by atoms with Crippen molar-refractivity contribution >= 4 is 5.91 Å². The first-order valence-electron chi connectivity index (χ1n) is 13.3. The Labute approximate surface area is 205 Å². The smallest absolute Gasteiger partial charge is 0.225 e. The van der Waals surface area contributed by atoms with Gasteiger partial charge < -0.3 is 24.2 Å². The highest BCUT2D eigenvalue weighted by molar-refractivity contribution is 5.78. The fraction of sp³-hybridized carbons (Fsp3) is 0.667. The van der Waals surface area contributed by atoms with E-state index in [2.05, 4.69) is 27.7 Å². The van der Waals surface area contributed by atoms with Gasteiger partial charge in [-0.3, -0.25) is 4.79 Å². The monoisotopic (exact) mass is 466 g/mol. The second kappa shape index (κ2) is 15.0. The lowest BCUT2D eigenvalue weighted by molar-refractivity contribution is -0.134. The number of methoxy groups -OCH3 is 2. The van der Waals surface area contributed by atoms with Crippen LogP contribution in [0.1, 0.15) is 62.7 Å². The van der Waals surface area contributed by atoms with E-state index in [0.717, 1.165) is 0 Å². The Bertz CT molecular complexity index is 824. The highest BCUT2D eigenvalue weighted by atomic mass is 16.5. The molecule has 0 aliphatic carbocycles. The quantitative estimate of drug-likeness (QED) is 0.287. The molecule has 0 heterocycles. The Morgan fingerprint density at radius 3 is 2.36 bits per heavy atom. The number of benzene rings is 1. The highest BCUT2D eigenvalue weighted by Gasteiger charge is 2.25. The minimum atomic E-state index is -2.61. The van der Waals surface area contributed by atoms with E-state index in [0.29, 0.717) is 38.0 Å². The molecule has 188 valence electrons. The molecule has 0 spiro atoms. The maximum Gasteiger partial charge on any atom is 0.225 e. The van der Waals surface area contributed by atoms with Crippen LogP contribution in [0, 0.1) is 23.7 Å². The molecule has 1 amide bonds. The molecular formula is C27H45NO5. The Kier molecular flexibility index (Phi) is 10.9. The summed E-state index contributed by atoms with van der Waals surface area (Å²) in [5.41, 5.74) is 0.629. The van der Waals surface area contributed by atoms with Crippen molar-refractivity contribution in [3.05, 3.63) is 35.9 Å². The lowest BCUT2D eigenvalue weighted by atomic mass is 9.83. The SMILES string of the molecule is [2H]C([2H])([2H])Oc1ccc(C(O)C(C/C=C/C[C@H](C(=O)N(C)C)C(C)C)C(C)C)cc1OCCCOC. The van der Waals surface area contributed by atoms with Crippen molar-refractivity contribution in [3.8, 4) is 11.5 Å². The average Bonchev–Trinajstić information content (AvgIpc) is 2.77. The molecule has 0 fully saturated rings. The Morgan fingerprint density at radius 1 is 1.09 bits per heavy atom. The van der Waals surface area contributed by atoms with Crippen LogP contribution < -0.4 is 9.47 Å². The van der Waals surface area contributed by atoms with Gasteiger partial charge in [-0.1, -0.05) is 45.9 Å². The van der Waals surface area contributed by atoms with E-state index >= 15 is 0 Å². The summed E-state index contributed by atoms with van der Waals surface area (Å²) in [5, 5.41) is 11.2. The zero-order valence-electron chi connectivity index (χ0n) is 24.3. The largest absolute Gasteiger partial charge is 0.493 e. The Balaban J connectivity index is 3.04. The van der Waals surface area contributed by atoms with E-state index in [4.69, 9.17) is 18.3 Å². The molecule has 1 aromatic rings. The van der Waals surface area contributed by atoms with Gasteiger partial charge >= 0.3 is 0 Å². The van der Waals surface area contributed by atoms with Crippen molar-refractivity contribution in [3.63, 3.8) is 0 Å². The van der Waals surface area contributed by atoms with Gasteiger partial charge in [-0.05, 0) is 48.3 Å². The number of aliphatic hydroxyl groups excluding tert-OH is 1. The third-order valence-electron chi connectivity index (χ3n) is 5.96. The summed E-state index contributed by atoms with van der Waals surface area (Å²) in [4.78, 5) is 14.1. The predicted molar refractivity (Wildman–Crippen MR) is 134 cm³/mol. The standard InChI is InChI=1S/C27H45NO5/c1-19(2)22(12-9-10-13-23(20(3)4)27(30)28(5)6)26(29)21-14-15-24(32-8)25(18-21)33-17-11-16-31-7/h9-10,14-15,18-20,22-23,26,29H,11-13,16-17H2,1-8H3/b10-9+/t22?,23-,26?/m0/s1/i8D3. The van der Waals surface area contributed by atoms with Gasteiger partial charge in [0.25, 0.3) is 0 Å². The number of carbonyl (C=O) groups excluding carboxylic acids is 1. The van der Waals surface area contributed by atoms with Gasteiger partial charge in [0.2, 0.25) is 5.91 Å². The first-order chi connectivity index (χ1) is 16.8. The summed E-state index contributed by atoms with van der Waals surface area (Å²) in [6.07, 6.45) is 5.20. The molecule has 6 nitrogen and oxygen atoms in total. The third kappa shape index (κ3) is 9.38. The summed E-state index contributed by atoms with van der Waals surface area (Å²) in [6.45, 7) is 9.05. The molecule has 1 aromatic carbocycles. The van der Waals surface area contributed by atoms with Gasteiger partial charge in [-0.25, -0.2) is 0 Å². The summed E-state index contributed by atoms with van der Waals surface area (Å²) in [6, 6.07) is 4.86. The first-order valence-corrected chi connectivity index (χ1v) is 11.8. The van der Waals surface area contributed by atoms with Gasteiger partial charge in [-0.15, -0.1) is 0 Å². The summed E-state index contributed by atoms with van der Waals surface area (Å²) >= 11 is 0. The van der Waals surface area contributed by atoms with E-state index in [1.54, 1.807) is 38.2 Å². The van der Waals surface area contributed by atoms with Crippen molar-refractivity contribution in [2.75, 3.05) is 41.5 Å². The molecule has 0 aliphatic rings. The van der Waals surface area contributed by atoms with Crippen LogP contribution in [0.5, 0.6) is 11.5 Å². The van der Waals surface area contributed by atoms with Crippen LogP contribution in [-0.4, -0.2) is 57.4 Å². The molecule has 0 saturated heterocycles. The molecule has 6 heteroatoms. The van der Waals surface area contributed by atoms with Gasteiger partial charge in [0.1, 0.15) is 0 Å². The van der Waals surface area contributed by atoms with Gasteiger partial charge in [-0.2, -0.15) is 0 Å². The molecule has 0 aliphatic heterocycles. The first kappa shape index (κ1) is 24.1. The lowest BCUT2D eigenvalue weighted by Crippen LogP contribution is -2.32. The fourth-order valence-electron chi connectivity index (χ4n) is 3.79. The van der Waals surface area contributed by atoms with Crippen LogP contribution in [0.2, 0.25) is 0 Å². The lowest BCUT2D eigenvalue weighted by Gasteiger charge is -2.26. The van der Waals surface area contributed by atoms with Crippen LogP contribution in [0.4, 0.5) is 0 Å². The number of hydrogen-bond donors (Lipinski definition) is 1. The molecule has 0 bridgehead atoms. The zero-order chi connectivity index (χ0) is 27.5. The molecule has 1 N–H and O–H groups in total. The number of carbonyl (C=O) groups is 1. The number of aliphatic hydroxyl groups is 1. The van der Waals surface area contributed by atoms with E-state index in [1.807, 2.05) is 12.2 Å². The fourth-order valence-corrected chi connectivity index (χ4v) is 3.79. The minimum absolute atomic E-state index is 0.0812. The normalized spacial score (nSPS) is 16.2. The number of hydrogen-bond acceptors (Lipinski definition) is 5. The van der Waals surface area contributed by atoms with Gasteiger partial charge in [0.05, 0.1) is 23.9 Å². The third-order valence-corrected chi connectivity index (χ3v) is 5.96. The van der Waals surface area contributed by atoms with Crippen LogP contribution >= 0.6 is 0 Å². The van der Waals surface area contributed by atoms with Crippen LogP contribution in [0.15, 0.2) is 30.4 Å². The van der Waals surface area contributed by atoms with E-state index < -0.39 is 13.1 Å². The average molecular weight is 467 g/mol. The van der Waals surface area contributed by atoms with Crippen molar-refractivity contribution in [1.82, 2.24) is 4.90 Å². The molecule has 0 saturated carbocycles. The summed E-state index contributed by atoms with van der Waals surface area (Å²) in [5.74, 6) is 0.745. The van der Waals surface area contributed by atoms with Crippen LogP contribution in [-0.2, 0) is 9.53 Å². The second-order valence-electron chi connectivity index (χ2n) is 9.38. The summed E-state index contributed by atoms with van der Waals surface area (Å²) < 4.78 is 38.2. The van der Waals surface area contributed by atoms with Gasteiger partial charge in [0.15, 0.2) is 11.5 Å². The molecule has 1 rings (SSSR count). The van der Waals surface area contributed by atoms with E-state index in [1.165, 1.54) is 6.07 Å². The van der Waals surface area contributed by atoms with Gasteiger partial charge in [0, 0.05) is 40.2 Å². The summed E-state index contributed by atoms with van der Waals surface area (Å²) in [7, 11) is 2.54. The number of nitrogens with zero attached hydrogens (tertiary/aromatic N) is 1. The number of ether oxygens (including phenoxy) is 3. The predicted octanol–water partition coefficient (Wildman–Crippen LogP) is 5.11. The molecule has 33 heavy (non-hydrogen) atoms. The van der Waals surface area contributed by atoms with Crippen molar-refractivity contribution in [1.29, 1.82) is 0 Å². The minimum Gasteiger partial charge on any atom is -0.493 e. The molecule has 3 atom stereocenters. The van der Waals surface area contributed by atoms with Crippen molar-refractivity contribution in [2.45, 2.75) is 53.1 Å². The van der Waals surface area contributed by atoms with Crippen LogP contribution in [0.25, 0.3) is 0 Å². The maximum absolute atomic E-state index is 12.5. The molecule has 2 unspecified atom stereocenters. The number of rotatable bonds is 15. The second-order valence-corrected chi connectivity index (χ2v) is 9.38. The van der Waals surface area contributed by atoms with Crippen molar-refractivity contribution in [2.24, 2.45) is 23.7 Å². The molecule has 0 aromatic heterocycles. The van der Waals surface area contributed by atoms with Crippen LogP contribution in [0.3, 0.4) is 0 Å². The Hall–Kier alpha value is -2.05. The van der Waals surface area contributed by atoms with E-state index in [-0.39, 0.29) is 41.1 Å². The number of allylic oxidation sites excluding steroid dienone is 2. The zero-order valence-corrected chi connectivity index (χ0v) is 21.3. The molecule has 0 radical (unpaired) electrons.